The van der Waals surface area contributed by atoms with Crippen LogP contribution in [0.3, 0.4) is 0 Å². The van der Waals surface area contributed by atoms with Crippen molar-refractivity contribution in [3.05, 3.63) is 37.6 Å². The van der Waals surface area contributed by atoms with Crippen molar-refractivity contribution >= 4 is 22.0 Å². The Balaban J connectivity index is 2.80. The third-order valence-corrected chi connectivity index (χ3v) is 3.30. The fourth-order valence-electron chi connectivity index (χ4n) is 1.81. The maximum Gasteiger partial charge on any atom is 0.328 e. The van der Waals surface area contributed by atoms with Crippen molar-refractivity contribution in [3.8, 4) is 0 Å². The van der Waals surface area contributed by atoms with Crippen LogP contribution in [0.5, 0.6) is 0 Å². The van der Waals surface area contributed by atoms with Gasteiger partial charge in [-0.25, -0.2) is 4.79 Å². The lowest BCUT2D eigenvalue weighted by atomic mass is 10.0. The number of nitrogens with one attached hydrogen (secondary N) is 1. The summed E-state index contributed by atoms with van der Waals surface area (Å²) in [7, 11) is 1.58. The Morgan fingerprint density at radius 2 is 2.25 bits per heavy atom. The third kappa shape index (κ3) is 4.73. The molecule has 1 rings (SSSR count). The third-order valence-electron chi connectivity index (χ3n) is 3.03. The van der Waals surface area contributed by atoms with E-state index in [4.69, 9.17) is 4.74 Å². The maximum absolute atomic E-state index is 11.7. The first-order valence-corrected chi connectivity index (χ1v) is 7.18. The molecule has 0 aliphatic carbocycles. The van der Waals surface area contributed by atoms with E-state index in [0.717, 1.165) is 0 Å². The number of hydrogen-bond acceptors (Lipinski definition) is 4. The van der Waals surface area contributed by atoms with Gasteiger partial charge in [0.15, 0.2) is 0 Å². The van der Waals surface area contributed by atoms with Gasteiger partial charge in [0.05, 0.1) is 18.3 Å². The molecule has 1 aromatic rings. The second-order valence-corrected chi connectivity index (χ2v) is 5.15. The zero-order chi connectivity index (χ0) is 15.1. The minimum absolute atomic E-state index is 0.0135. The monoisotopic (exact) mass is 346 g/mol. The number of ether oxygens (including phenoxy) is 1. The number of aliphatic hydroxyl groups excluding tert-OH is 1. The zero-order valence-electron chi connectivity index (χ0n) is 11.5. The molecule has 0 saturated heterocycles. The van der Waals surface area contributed by atoms with Gasteiger partial charge >= 0.3 is 5.69 Å². The van der Waals surface area contributed by atoms with Gasteiger partial charge < -0.3 is 9.84 Å². The van der Waals surface area contributed by atoms with Crippen LogP contribution in [0.2, 0.25) is 0 Å². The van der Waals surface area contributed by atoms with Crippen molar-refractivity contribution in [3.63, 3.8) is 0 Å². The molecule has 20 heavy (non-hydrogen) atoms. The first kappa shape index (κ1) is 16.9. The van der Waals surface area contributed by atoms with E-state index in [1.165, 1.54) is 10.8 Å². The molecule has 0 aromatic carbocycles. The van der Waals surface area contributed by atoms with Crippen molar-refractivity contribution in [1.29, 1.82) is 0 Å². The fourth-order valence-corrected chi connectivity index (χ4v) is 2.09. The Kier molecular flexibility index (Phi) is 6.90. The lowest BCUT2D eigenvalue weighted by molar-refractivity contribution is 0.0491. The van der Waals surface area contributed by atoms with Crippen LogP contribution in [-0.2, 0) is 11.3 Å². The van der Waals surface area contributed by atoms with Crippen LogP contribution in [0, 0.1) is 5.92 Å². The van der Waals surface area contributed by atoms with E-state index in [2.05, 4.69) is 20.9 Å². The second-order valence-electron chi connectivity index (χ2n) is 4.62. The summed E-state index contributed by atoms with van der Waals surface area (Å²) in [6.45, 7) is 2.66. The molecule has 1 aromatic heterocycles. The molecule has 0 radical (unpaired) electrons. The van der Waals surface area contributed by atoms with Crippen LogP contribution in [0.15, 0.2) is 20.8 Å². The van der Waals surface area contributed by atoms with Crippen molar-refractivity contribution in [2.75, 3.05) is 13.7 Å². The Morgan fingerprint density at radius 3 is 2.85 bits per heavy atom. The summed E-state index contributed by atoms with van der Waals surface area (Å²) in [5, 5.41) is 9.94. The van der Waals surface area contributed by atoms with E-state index in [-0.39, 0.29) is 5.92 Å². The van der Waals surface area contributed by atoms with E-state index in [1.807, 2.05) is 6.92 Å². The van der Waals surface area contributed by atoms with Gasteiger partial charge in [0.25, 0.3) is 5.56 Å². The molecule has 1 heterocycles. The normalized spacial score (nSPS) is 14.6. The highest BCUT2D eigenvalue weighted by atomic mass is 79.9. The summed E-state index contributed by atoms with van der Waals surface area (Å²) < 4.78 is 6.36. The van der Waals surface area contributed by atoms with Crippen molar-refractivity contribution in [1.82, 2.24) is 9.55 Å². The molecule has 6 nitrogen and oxygen atoms in total. The number of aryl methyl sites for hydroxylation is 1. The largest absolute Gasteiger partial charge is 0.393 e. The predicted octanol–water partition coefficient (Wildman–Crippen LogP) is 0.936. The van der Waals surface area contributed by atoms with Crippen LogP contribution >= 0.6 is 15.9 Å². The summed E-state index contributed by atoms with van der Waals surface area (Å²) in [5.74, 6) is -0.0135. The average Bonchev–Trinajstić information content (AvgIpc) is 2.40. The van der Waals surface area contributed by atoms with Gasteiger partial charge in [-0.3, -0.25) is 14.3 Å². The van der Waals surface area contributed by atoms with Gasteiger partial charge in [0, 0.05) is 25.8 Å². The molecule has 2 unspecified atom stereocenters. The Labute approximate surface area is 125 Å². The van der Waals surface area contributed by atoms with Crippen LogP contribution in [0.4, 0.5) is 0 Å². The smallest absolute Gasteiger partial charge is 0.328 e. The summed E-state index contributed by atoms with van der Waals surface area (Å²) in [6.07, 6.45) is 2.88. The van der Waals surface area contributed by atoms with Gasteiger partial charge in [0.2, 0.25) is 0 Å². The Bertz CT molecular complexity index is 564. The standard InChI is InChI=1S/C13H19BrN2O4/c1-9(8-20-2)11(17)4-6-16-7-10(3-5-14)12(18)15-13(16)19/h3,5,7,9,11,17H,4,6,8H2,1-2H3,(H,15,18,19)/b5-3+. The maximum atomic E-state index is 11.7. The number of aromatic nitrogens is 2. The highest BCUT2D eigenvalue weighted by Gasteiger charge is 2.14. The lowest BCUT2D eigenvalue weighted by Crippen LogP contribution is -2.32. The van der Waals surface area contributed by atoms with E-state index in [9.17, 15) is 14.7 Å². The SMILES string of the molecule is COCC(C)C(O)CCn1cc(/C=C/Br)c(=O)[nH]c1=O. The highest BCUT2D eigenvalue weighted by molar-refractivity contribution is 9.11. The van der Waals surface area contributed by atoms with E-state index in [1.54, 1.807) is 18.2 Å². The van der Waals surface area contributed by atoms with E-state index in [0.29, 0.717) is 25.1 Å². The quantitative estimate of drug-likeness (QED) is 0.769. The van der Waals surface area contributed by atoms with Gasteiger partial charge in [-0.05, 0) is 17.5 Å². The number of aliphatic hydroxyl groups is 1. The summed E-state index contributed by atoms with van der Waals surface area (Å²) in [5.41, 5.74) is -0.538. The zero-order valence-corrected chi connectivity index (χ0v) is 13.1. The summed E-state index contributed by atoms with van der Waals surface area (Å²) in [4.78, 5) is 27.0. The molecule has 0 amide bonds. The predicted molar refractivity (Wildman–Crippen MR) is 80.9 cm³/mol. The summed E-state index contributed by atoms with van der Waals surface area (Å²) in [6, 6.07) is 0. The minimum Gasteiger partial charge on any atom is -0.393 e. The van der Waals surface area contributed by atoms with Crippen LogP contribution in [-0.4, -0.2) is 34.5 Å². The molecule has 2 atom stereocenters. The molecule has 0 bridgehead atoms. The van der Waals surface area contributed by atoms with E-state index >= 15 is 0 Å². The van der Waals surface area contributed by atoms with Gasteiger partial charge in [-0.15, -0.1) is 0 Å². The first-order chi connectivity index (χ1) is 9.49. The Morgan fingerprint density at radius 1 is 1.55 bits per heavy atom. The Hall–Kier alpha value is -1.18. The van der Waals surface area contributed by atoms with Crippen LogP contribution < -0.4 is 11.2 Å². The molecule has 0 saturated carbocycles. The van der Waals surface area contributed by atoms with Crippen molar-refractivity contribution < 1.29 is 9.84 Å². The number of rotatable bonds is 7. The molecule has 0 fully saturated rings. The van der Waals surface area contributed by atoms with Gasteiger partial charge in [-0.2, -0.15) is 0 Å². The number of halogens is 1. The molecule has 2 N–H and O–H groups in total. The van der Waals surface area contributed by atoms with Crippen LogP contribution in [0.25, 0.3) is 6.08 Å². The average molecular weight is 347 g/mol. The van der Waals surface area contributed by atoms with Gasteiger partial charge in [0.1, 0.15) is 0 Å². The fraction of sp³-hybridized carbons (Fsp3) is 0.538. The molecular weight excluding hydrogens is 328 g/mol. The molecule has 0 aliphatic rings. The first-order valence-electron chi connectivity index (χ1n) is 6.27. The topological polar surface area (TPSA) is 84.3 Å². The summed E-state index contributed by atoms with van der Waals surface area (Å²) >= 11 is 3.09. The molecule has 0 aliphatic heterocycles. The lowest BCUT2D eigenvalue weighted by Gasteiger charge is -2.18. The van der Waals surface area contributed by atoms with Gasteiger partial charge in [-0.1, -0.05) is 22.9 Å². The minimum atomic E-state index is -0.566. The number of aromatic amines is 1. The second kappa shape index (κ2) is 8.18. The number of methoxy groups -OCH3 is 1. The van der Waals surface area contributed by atoms with Crippen LogP contribution in [0.1, 0.15) is 18.9 Å². The number of nitrogens with zero attached hydrogens (tertiary/aromatic N) is 1. The van der Waals surface area contributed by atoms with Crippen molar-refractivity contribution in [2.24, 2.45) is 5.92 Å². The molecule has 0 spiro atoms. The van der Waals surface area contributed by atoms with E-state index < -0.39 is 17.4 Å². The molecular formula is C13H19BrN2O4. The number of hydrogen-bond donors (Lipinski definition) is 2. The molecule has 7 heteroatoms. The highest BCUT2D eigenvalue weighted by Crippen LogP contribution is 2.08. The molecule has 112 valence electrons. The van der Waals surface area contributed by atoms with Crippen molar-refractivity contribution in [2.45, 2.75) is 26.0 Å². The number of H-pyrrole nitrogens is 1.